The topological polar surface area (TPSA) is 60.2 Å². The van der Waals surface area contributed by atoms with Crippen molar-refractivity contribution in [3.8, 4) is 0 Å². The molecule has 146 valence electrons. The molecule has 1 aliphatic carbocycles. The SMILES string of the molecule is CC1(C)CC(=O)C=C(C[C@H](c2ccccc2F)[C@H](c2ccccc2)[N+](=O)[O-])C1. The minimum atomic E-state index is -1.10. The highest BCUT2D eigenvalue weighted by molar-refractivity contribution is 5.91. The number of benzene rings is 2. The summed E-state index contributed by atoms with van der Waals surface area (Å²) in [7, 11) is 0. The number of carbonyl (C=O) groups excluding carboxylic acids is 1. The molecule has 0 bridgehead atoms. The number of allylic oxidation sites excluding steroid dienone is 2. The van der Waals surface area contributed by atoms with E-state index in [0.29, 0.717) is 24.0 Å². The molecule has 0 saturated carbocycles. The summed E-state index contributed by atoms with van der Waals surface area (Å²) in [4.78, 5) is 23.9. The zero-order valence-electron chi connectivity index (χ0n) is 16.1. The Labute approximate surface area is 164 Å². The van der Waals surface area contributed by atoms with Crippen LogP contribution in [0.25, 0.3) is 0 Å². The van der Waals surface area contributed by atoms with Crippen molar-refractivity contribution in [1.82, 2.24) is 0 Å². The highest BCUT2D eigenvalue weighted by Gasteiger charge is 2.38. The van der Waals surface area contributed by atoms with Crippen molar-refractivity contribution < 1.29 is 14.1 Å². The van der Waals surface area contributed by atoms with Crippen LogP contribution in [0.3, 0.4) is 0 Å². The summed E-state index contributed by atoms with van der Waals surface area (Å²) in [5.74, 6) is -1.14. The number of hydrogen-bond acceptors (Lipinski definition) is 3. The molecular weight excluding hydrogens is 357 g/mol. The second-order valence-electron chi connectivity index (χ2n) is 8.26. The lowest BCUT2D eigenvalue weighted by atomic mass is 9.73. The van der Waals surface area contributed by atoms with Crippen LogP contribution in [0.1, 0.15) is 56.2 Å². The van der Waals surface area contributed by atoms with Crippen LogP contribution in [-0.4, -0.2) is 10.7 Å². The van der Waals surface area contributed by atoms with E-state index in [1.54, 1.807) is 54.6 Å². The smallest absolute Gasteiger partial charge is 0.245 e. The minimum Gasteiger partial charge on any atom is -0.295 e. The van der Waals surface area contributed by atoms with E-state index in [4.69, 9.17) is 0 Å². The number of carbonyl (C=O) groups is 1. The van der Waals surface area contributed by atoms with Crippen LogP contribution in [0.5, 0.6) is 0 Å². The van der Waals surface area contributed by atoms with Gasteiger partial charge in [0.25, 0.3) is 0 Å². The highest BCUT2D eigenvalue weighted by atomic mass is 19.1. The summed E-state index contributed by atoms with van der Waals surface area (Å²) in [6.45, 7) is 4.02. The van der Waals surface area contributed by atoms with E-state index in [9.17, 15) is 19.3 Å². The van der Waals surface area contributed by atoms with Gasteiger partial charge in [-0.25, -0.2) is 4.39 Å². The van der Waals surface area contributed by atoms with Crippen LogP contribution in [0.15, 0.2) is 66.2 Å². The van der Waals surface area contributed by atoms with Gasteiger partial charge >= 0.3 is 0 Å². The molecule has 2 atom stereocenters. The Kier molecular flexibility index (Phi) is 5.73. The van der Waals surface area contributed by atoms with E-state index < -0.39 is 17.8 Å². The zero-order valence-corrected chi connectivity index (χ0v) is 16.1. The molecule has 0 amide bonds. The Morgan fingerprint density at radius 1 is 1.07 bits per heavy atom. The van der Waals surface area contributed by atoms with Crippen LogP contribution < -0.4 is 0 Å². The number of nitro groups is 1. The lowest BCUT2D eigenvalue weighted by Crippen LogP contribution is -2.25. The molecule has 0 aromatic heterocycles. The number of hydrogen-bond donors (Lipinski definition) is 0. The van der Waals surface area contributed by atoms with Gasteiger partial charge in [-0.05, 0) is 36.0 Å². The summed E-state index contributed by atoms with van der Waals surface area (Å²) in [6.07, 6.45) is 3.00. The first-order valence-electron chi connectivity index (χ1n) is 9.42. The predicted octanol–water partition coefficient (Wildman–Crippen LogP) is 5.63. The first-order valence-corrected chi connectivity index (χ1v) is 9.42. The molecule has 5 heteroatoms. The average molecular weight is 381 g/mol. The van der Waals surface area contributed by atoms with E-state index in [1.807, 2.05) is 13.8 Å². The molecule has 2 aromatic carbocycles. The van der Waals surface area contributed by atoms with E-state index >= 15 is 0 Å². The molecule has 0 unspecified atom stereocenters. The maximum absolute atomic E-state index is 14.7. The number of nitrogens with zero attached hydrogens (tertiary/aromatic N) is 1. The predicted molar refractivity (Wildman–Crippen MR) is 106 cm³/mol. The summed E-state index contributed by atoms with van der Waals surface area (Å²) in [5, 5.41) is 12.1. The maximum atomic E-state index is 14.7. The molecule has 0 N–H and O–H groups in total. The van der Waals surface area contributed by atoms with E-state index in [0.717, 1.165) is 5.57 Å². The van der Waals surface area contributed by atoms with E-state index in [2.05, 4.69) is 0 Å². The normalized spacial score (nSPS) is 18.2. The average Bonchev–Trinajstić information content (AvgIpc) is 2.60. The quantitative estimate of drug-likeness (QED) is 0.481. The third-order valence-electron chi connectivity index (χ3n) is 5.26. The Morgan fingerprint density at radius 2 is 1.71 bits per heavy atom. The monoisotopic (exact) mass is 381 g/mol. The van der Waals surface area contributed by atoms with Crippen molar-refractivity contribution >= 4 is 5.78 Å². The van der Waals surface area contributed by atoms with Gasteiger partial charge in [-0.2, -0.15) is 0 Å². The second kappa shape index (κ2) is 8.05. The molecule has 0 heterocycles. The molecule has 0 spiro atoms. The Morgan fingerprint density at radius 3 is 2.32 bits per heavy atom. The van der Waals surface area contributed by atoms with Gasteiger partial charge in [0, 0.05) is 16.9 Å². The Hall–Kier alpha value is -2.82. The van der Waals surface area contributed by atoms with Gasteiger partial charge in [0.2, 0.25) is 6.04 Å². The van der Waals surface area contributed by atoms with Crippen LogP contribution in [0.4, 0.5) is 4.39 Å². The van der Waals surface area contributed by atoms with Crippen molar-refractivity contribution in [2.75, 3.05) is 0 Å². The van der Waals surface area contributed by atoms with Gasteiger partial charge in [-0.15, -0.1) is 0 Å². The molecule has 0 aliphatic heterocycles. The van der Waals surface area contributed by atoms with Crippen LogP contribution in [0, 0.1) is 21.3 Å². The van der Waals surface area contributed by atoms with Gasteiger partial charge in [0.1, 0.15) is 5.82 Å². The largest absolute Gasteiger partial charge is 0.295 e. The van der Waals surface area contributed by atoms with E-state index in [1.165, 1.54) is 6.07 Å². The third kappa shape index (κ3) is 4.53. The lowest BCUT2D eigenvalue weighted by molar-refractivity contribution is -0.533. The molecule has 28 heavy (non-hydrogen) atoms. The van der Waals surface area contributed by atoms with Crippen molar-refractivity contribution in [3.63, 3.8) is 0 Å². The van der Waals surface area contributed by atoms with Crippen LogP contribution in [0.2, 0.25) is 0 Å². The standard InChI is InChI=1S/C23H24FNO3/c1-23(2)14-16(12-18(26)15-23)13-20(19-10-6-7-11-21(19)24)22(25(27)28)17-8-4-3-5-9-17/h3-12,20,22H,13-15H2,1-2H3/t20-,22+/m1/s1. The number of rotatable bonds is 6. The molecule has 1 aliphatic rings. The zero-order chi connectivity index (χ0) is 20.3. The van der Waals surface area contributed by atoms with Crippen molar-refractivity contribution in [1.29, 1.82) is 0 Å². The fourth-order valence-electron chi connectivity index (χ4n) is 4.21. The third-order valence-corrected chi connectivity index (χ3v) is 5.26. The summed E-state index contributed by atoms with van der Waals surface area (Å²) in [5.41, 5.74) is 1.49. The van der Waals surface area contributed by atoms with Gasteiger partial charge in [-0.3, -0.25) is 14.9 Å². The summed E-state index contributed by atoms with van der Waals surface area (Å²) < 4.78 is 14.7. The first-order chi connectivity index (χ1) is 13.3. The number of halogens is 1. The molecule has 0 radical (unpaired) electrons. The molecule has 2 aromatic rings. The van der Waals surface area contributed by atoms with Crippen LogP contribution >= 0.6 is 0 Å². The molecule has 3 rings (SSSR count). The Bertz CT molecular complexity index is 905. The highest BCUT2D eigenvalue weighted by Crippen LogP contribution is 2.43. The maximum Gasteiger partial charge on any atom is 0.245 e. The molecule has 4 nitrogen and oxygen atoms in total. The molecule has 0 fully saturated rings. The van der Waals surface area contributed by atoms with E-state index in [-0.39, 0.29) is 22.5 Å². The van der Waals surface area contributed by atoms with Crippen LogP contribution in [-0.2, 0) is 4.79 Å². The minimum absolute atomic E-state index is 0.0240. The van der Waals surface area contributed by atoms with Crippen molar-refractivity contribution in [2.45, 2.75) is 45.1 Å². The fourth-order valence-corrected chi connectivity index (χ4v) is 4.21. The first kappa shape index (κ1) is 19.9. The fraction of sp³-hybridized carbons (Fsp3) is 0.348. The lowest BCUT2D eigenvalue weighted by Gasteiger charge is -2.31. The van der Waals surface area contributed by atoms with Crippen molar-refractivity contribution in [2.24, 2.45) is 5.41 Å². The summed E-state index contributed by atoms with van der Waals surface area (Å²) >= 11 is 0. The molecular formula is C23H24FNO3. The Balaban J connectivity index is 2.06. The van der Waals surface area contributed by atoms with Gasteiger partial charge in [0.15, 0.2) is 5.78 Å². The molecule has 0 saturated heterocycles. The second-order valence-corrected chi connectivity index (χ2v) is 8.26. The number of ketones is 1. The van der Waals surface area contributed by atoms with Gasteiger partial charge < -0.3 is 0 Å². The van der Waals surface area contributed by atoms with Crippen molar-refractivity contribution in [3.05, 3.63) is 93.3 Å². The van der Waals surface area contributed by atoms with Gasteiger partial charge in [0.05, 0.1) is 5.92 Å². The van der Waals surface area contributed by atoms with Gasteiger partial charge in [-0.1, -0.05) is 68.0 Å². The summed E-state index contributed by atoms with van der Waals surface area (Å²) in [6, 6.07) is 13.8.